The maximum atomic E-state index is 14.4. The largest absolute Gasteiger partial charge is 0.356 e. The number of ether oxygens (including phenoxy) is 1. The molecule has 7 heteroatoms. The molecule has 3 heterocycles. The number of benzene rings is 1. The minimum atomic E-state index is -1.20. The van der Waals surface area contributed by atoms with Crippen LogP contribution in [-0.2, 0) is 19.1 Å². The molecule has 216 valence electrons. The predicted molar refractivity (Wildman–Crippen MR) is 155 cm³/mol. The van der Waals surface area contributed by atoms with Gasteiger partial charge < -0.3 is 15.4 Å². The summed E-state index contributed by atoms with van der Waals surface area (Å²) in [7, 11) is 0. The zero-order valence-electron chi connectivity index (χ0n) is 24.5. The van der Waals surface area contributed by atoms with E-state index in [0.29, 0.717) is 11.6 Å². The first-order valence-corrected chi connectivity index (χ1v) is 15.5. The first kappa shape index (κ1) is 27.5. The van der Waals surface area contributed by atoms with Gasteiger partial charge in [-0.15, -0.1) is 0 Å². The van der Waals surface area contributed by atoms with Gasteiger partial charge in [0.1, 0.15) is 11.6 Å². The van der Waals surface area contributed by atoms with Crippen molar-refractivity contribution in [1.29, 1.82) is 0 Å². The van der Waals surface area contributed by atoms with Crippen molar-refractivity contribution in [3.05, 3.63) is 42.0 Å². The first-order chi connectivity index (χ1) is 19.0. The standard InChI is InChI=1S/C33H45N3O4/c1-31(2,3)35-29(38)27-33-20-19-32(4,40-33)25(28(37)34-23-13-9-6-10-14-23)26(33)30(39)36(27)24-17-15-22(16-18-24)21-11-7-5-8-12-21/h15-21,23,25-27H,5-14H2,1-4H3,(H,34,37)(H,35,38)/t25-,26+,27-,32+,33+/m1/s1. The molecule has 3 aliphatic heterocycles. The number of nitrogens with one attached hydrogen (secondary N) is 2. The van der Waals surface area contributed by atoms with Crippen LogP contribution in [0.4, 0.5) is 5.69 Å². The van der Waals surface area contributed by atoms with Crippen LogP contribution in [0.15, 0.2) is 36.4 Å². The van der Waals surface area contributed by atoms with Gasteiger partial charge in [-0.25, -0.2) is 0 Å². The molecular formula is C33H45N3O4. The zero-order chi connectivity index (χ0) is 28.3. The number of fused-ring (bicyclic) bond motifs is 1. The van der Waals surface area contributed by atoms with Crippen LogP contribution >= 0.6 is 0 Å². The minimum absolute atomic E-state index is 0.129. The Morgan fingerprint density at radius 1 is 0.900 bits per heavy atom. The molecule has 3 amide bonds. The Kier molecular flexibility index (Phi) is 6.88. The monoisotopic (exact) mass is 547 g/mol. The molecule has 2 bridgehead atoms. The molecule has 1 spiro atoms. The fourth-order valence-corrected chi connectivity index (χ4v) is 8.13. The third kappa shape index (κ3) is 4.58. The van der Waals surface area contributed by atoms with Gasteiger partial charge in [-0.3, -0.25) is 19.3 Å². The fraction of sp³-hybridized carbons (Fsp3) is 0.667. The molecular weight excluding hydrogens is 502 g/mol. The van der Waals surface area contributed by atoms with E-state index in [-0.39, 0.29) is 23.8 Å². The van der Waals surface area contributed by atoms with E-state index in [4.69, 9.17) is 4.74 Å². The van der Waals surface area contributed by atoms with E-state index in [1.807, 2.05) is 52.0 Å². The average molecular weight is 548 g/mol. The van der Waals surface area contributed by atoms with E-state index in [1.165, 1.54) is 44.1 Å². The summed E-state index contributed by atoms with van der Waals surface area (Å²) in [5.41, 5.74) is -0.653. The molecule has 1 aromatic rings. The number of anilines is 1. The second kappa shape index (κ2) is 10.0. The number of carbonyl (C=O) groups excluding carboxylic acids is 3. The number of rotatable bonds is 5. The Labute approximate surface area is 238 Å². The average Bonchev–Trinajstić information content (AvgIpc) is 3.49. The van der Waals surface area contributed by atoms with Gasteiger partial charge in [-0.05, 0) is 77.0 Å². The second-order valence-electron chi connectivity index (χ2n) is 14.0. The molecule has 5 atom stereocenters. The van der Waals surface area contributed by atoms with E-state index < -0.39 is 34.6 Å². The van der Waals surface area contributed by atoms with Crippen LogP contribution in [0, 0.1) is 11.8 Å². The Hall–Kier alpha value is -2.67. The van der Waals surface area contributed by atoms with Crippen LogP contribution in [-0.4, -0.2) is 46.5 Å². The lowest BCUT2D eigenvalue weighted by Gasteiger charge is -2.35. The lowest BCUT2D eigenvalue weighted by atomic mass is 9.70. The number of nitrogens with zero attached hydrogens (tertiary/aromatic N) is 1. The molecule has 2 saturated carbocycles. The summed E-state index contributed by atoms with van der Waals surface area (Å²) in [5.74, 6) is -1.52. The van der Waals surface area contributed by atoms with Gasteiger partial charge in [0.25, 0.3) is 0 Å². The maximum absolute atomic E-state index is 14.4. The number of hydrogen-bond acceptors (Lipinski definition) is 4. The highest BCUT2D eigenvalue weighted by atomic mass is 16.5. The van der Waals surface area contributed by atoms with Crippen molar-refractivity contribution in [3.63, 3.8) is 0 Å². The van der Waals surface area contributed by atoms with Crippen molar-refractivity contribution in [2.24, 2.45) is 11.8 Å². The van der Waals surface area contributed by atoms with Crippen molar-refractivity contribution in [2.75, 3.05) is 4.90 Å². The van der Waals surface area contributed by atoms with Gasteiger partial charge in [-0.1, -0.05) is 62.8 Å². The highest BCUT2D eigenvalue weighted by Gasteiger charge is 2.76. The molecule has 4 fully saturated rings. The van der Waals surface area contributed by atoms with Gasteiger partial charge in [-0.2, -0.15) is 0 Å². The Balaban J connectivity index is 1.36. The van der Waals surface area contributed by atoms with Gasteiger partial charge in [0.05, 0.1) is 17.4 Å². The Morgan fingerprint density at radius 3 is 2.15 bits per heavy atom. The maximum Gasteiger partial charge on any atom is 0.246 e. The van der Waals surface area contributed by atoms with Crippen molar-refractivity contribution >= 4 is 23.4 Å². The molecule has 2 aliphatic carbocycles. The summed E-state index contributed by atoms with van der Waals surface area (Å²) < 4.78 is 6.69. The third-order valence-electron chi connectivity index (χ3n) is 9.93. The van der Waals surface area contributed by atoms with Gasteiger partial charge in [0, 0.05) is 17.3 Å². The van der Waals surface area contributed by atoms with Crippen LogP contribution in [0.2, 0.25) is 0 Å². The van der Waals surface area contributed by atoms with Crippen molar-refractivity contribution in [3.8, 4) is 0 Å². The quantitative estimate of drug-likeness (QED) is 0.500. The van der Waals surface area contributed by atoms with E-state index in [2.05, 4.69) is 22.8 Å². The van der Waals surface area contributed by atoms with Crippen LogP contribution < -0.4 is 15.5 Å². The summed E-state index contributed by atoms with van der Waals surface area (Å²) in [5, 5.41) is 6.37. The van der Waals surface area contributed by atoms with Crippen LogP contribution in [0.1, 0.15) is 103 Å². The summed E-state index contributed by atoms with van der Waals surface area (Å²) >= 11 is 0. The van der Waals surface area contributed by atoms with Crippen LogP contribution in [0.5, 0.6) is 0 Å². The van der Waals surface area contributed by atoms with Crippen LogP contribution in [0.25, 0.3) is 0 Å². The number of hydrogen-bond donors (Lipinski definition) is 2. The van der Waals surface area contributed by atoms with Gasteiger partial charge in [0.2, 0.25) is 17.7 Å². The third-order valence-corrected chi connectivity index (χ3v) is 9.93. The van der Waals surface area contributed by atoms with Crippen molar-refractivity contribution in [1.82, 2.24) is 10.6 Å². The molecule has 2 saturated heterocycles. The SMILES string of the molecule is CC(C)(C)NC(=O)[C@H]1N(c2ccc(C3CCCCC3)cc2)C(=O)[C@@H]2[C@H](C(=O)NC3CCCCC3)[C@]3(C)C=C[C@]21O3. The van der Waals surface area contributed by atoms with E-state index in [0.717, 1.165) is 25.7 Å². The first-order valence-electron chi connectivity index (χ1n) is 15.5. The molecule has 40 heavy (non-hydrogen) atoms. The topological polar surface area (TPSA) is 87.7 Å². The Bertz CT molecular complexity index is 1190. The van der Waals surface area contributed by atoms with Crippen LogP contribution in [0.3, 0.4) is 0 Å². The lowest BCUT2D eigenvalue weighted by molar-refractivity contribution is -0.135. The summed E-state index contributed by atoms with van der Waals surface area (Å²) in [4.78, 5) is 43.9. The minimum Gasteiger partial charge on any atom is -0.356 e. The molecule has 6 rings (SSSR count). The molecule has 2 N–H and O–H groups in total. The van der Waals surface area contributed by atoms with E-state index in [9.17, 15) is 14.4 Å². The molecule has 0 aromatic heterocycles. The molecule has 7 nitrogen and oxygen atoms in total. The van der Waals surface area contributed by atoms with E-state index in [1.54, 1.807) is 4.90 Å². The number of amides is 3. The predicted octanol–water partition coefficient (Wildman–Crippen LogP) is 5.14. The summed E-state index contributed by atoms with van der Waals surface area (Å²) in [6.07, 6.45) is 15.3. The molecule has 0 unspecified atom stereocenters. The molecule has 0 radical (unpaired) electrons. The summed E-state index contributed by atoms with van der Waals surface area (Å²) in [6.45, 7) is 7.69. The number of carbonyl (C=O) groups is 3. The van der Waals surface area contributed by atoms with Gasteiger partial charge >= 0.3 is 0 Å². The van der Waals surface area contributed by atoms with E-state index >= 15 is 0 Å². The zero-order valence-corrected chi connectivity index (χ0v) is 24.5. The second-order valence-corrected chi connectivity index (χ2v) is 14.0. The lowest BCUT2D eigenvalue weighted by Crippen LogP contribution is -2.58. The van der Waals surface area contributed by atoms with Gasteiger partial charge in [0.15, 0.2) is 0 Å². The Morgan fingerprint density at radius 2 is 1.52 bits per heavy atom. The smallest absolute Gasteiger partial charge is 0.246 e. The summed E-state index contributed by atoms with van der Waals surface area (Å²) in [6, 6.07) is 7.41. The molecule has 5 aliphatic rings. The van der Waals surface area contributed by atoms with Crippen molar-refractivity contribution in [2.45, 2.75) is 127 Å². The van der Waals surface area contributed by atoms with Crippen molar-refractivity contribution < 1.29 is 19.1 Å². The fourth-order valence-electron chi connectivity index (χ4n) is 8.13. The highest BCUT2D eigenvalue weighted by molar-refractivity contribution is 6.10. The highest BCUT2D eigenvalue weighted by Crippen LogP contribution is 2.60. The normalized spacial score (nSPS) is 34.2. The molecule has 1 aromatic carbocycles.